The molecule has 0 heterocycles. The standard InChI is InChI=1S/C21H30ClFN2O/c1-24-20(26)21(11-2-3-12-21)25-13-10-15-4-6-16(7-5-15)18-9-8-17(23)14-19(18)22/h8-9,14-16,25H,2-7,10-13H2,1H3,(H,24,26). The molecule has 2 N–H and O–H groups in total. The van der Waals surface area contributed by atoms with E-state index in [9.17, 15) is 9.18 Å². The summed E-state index contributed by atoms with van der Waals surface area (Å²) in [7, 11) is 1.73. The van der Waals surface area contributed by atoms with Crippen molar-refractivity contribution in [2.24, 2.45) is 5.92 Å². The van der Waals surface area contributed by atoms with Crippen molar-refractivity contribution in [3.63, 3.8) is 0 Å². The Morgan fingerprint density at radius 3 is 2.54 bits per heavy atom. The van der Waals surface area contributed by atoms with Crippen LogP contribution < -0.4 is 10.6 Å². The predicted molar refractivity (Wildman–Crippen MR) is 104 cm³/mol. The molecule has 2 aliphatic carbocycles. The van der Waals surface area contributed by atoms with Crippen molar-refractivity contribution in [1.29, 1.82) is 0 Å². The molecule has 1 amide bonds. The number of likely N-dealkylation sites (N-methyl/N-ethyl adjacent to an activating group) is 1. The first-order valence-electron chi connectivity index (χ1n) is 9.96. The Balaban J connectivity index is 1.46. The minimum absolute atomic E-state index is 0.143. The van der Waals surface area contributed by atoms with Crippen LogP contribution in [-0.2, 0) is 4.79 Å². The summed E-state index contributed by atoms with van der Waals surface area (Å²) in [4.78, 5) is 12.3. The Labute approximate surface area is 161 Å². The predicted octanol–water partition coefficient (Wildman–Crippen LogP) is 4.79. The van der Waals surface area contributed by atoms with Crippen molar-refractivity contribution >= 4 is 17.5 Å². The van der Waals surface area contributed by atoms with Crippen LogP contribution in [0.2, 0.25) is 5.02 Å². The number of nitrogens with one attached hydrogen (secondary N) is 2. The van der Waals surface area contributed by atoms with Gasteiger partial charge in [-0.2, -0.15) is 0 Å². The largest absolute Gasteiger partial charge is 0.358 e. The molecule has 0 radical (unpaired) electrons. The summed E-state index contributed by atoms with van der Waals surface area (Å²) in [6.45, 7) is 0.903. The van der Waals surface area contributed by atoms with Crippen LogP contribution in [0.5, 0.6) is 0 Å². The quantitative estimate of drug-likeness (QED) is 0.744. The maximum atomic E-state index is 13.2. The van der Waals surface area contributed by atoms with Gasteiger partial charge < -0.3 is 10.6 Å². The molecule has 144 valence electrons. The fourth-order valence-electron chi connectivity index (χ4n) is 4.81. The average molecular weight is 381 g/mol. The van der Waals surface area contributed by atoms with Crippen LogP contribution in [0.3, 0.4) is 0 Å². The third-order valence-corrected chi connectivity index (χ3v) is 6.71. The monoisotopic (exact) mass is 380 g/mol. The zero-order valence-electron chi connectivity index (χ0n) is 15.6. The lowest BCUT2D eigenvalue weighted by Crippen LogP contribution is -2.54. The molecule has 0 saturated heterocycles. The van der Waals surface area contributed by atoms with Crippen LogP contribution >= 0.6 is 11.6 Å². The first-order chi connectivity index (χ1) is 12.5. The number of hydrogen-bond acceptors (Lipinski definition) is 2. The van der Waals surface area contributed by atoms with E-state index in [1.807, 2.05) is 6.07 Å². The maximum Gasteiger partial charge on any atom is 0.240 e. The zero-order valence-corrected chi connectivity index (χ0v) is 16.4. The molecule has 1 aromatic rings. The van der Waals surface area contributed by atoms with Gasteiger partial charge in [-0.25, -0.2) is 4.39 Å². The van der Waals surface area contributed by atoms with Gasteiger partial charge in [0.05, 0.1) is 5.54 Å². The molecule has 1 aromatic carbocycles. The van der Waals surface area contributed by atoms with Gasteiger partial charge in [0, 0.05) is 12.1 Å². The molecule has 0 atom stereocenters. The first kappa shape index (κ1) is 19.6. The number of rotatable bonds is 6. The van der Waals surface area contributed by atoms with Crippen LogP contribution in [0.4, 0.5) is 4.39 Å². The van der Waals surface area contributed by atoms with Gasteiger partial charge >= 0.3 is 0 Å². The number of carbonyl (C=O) groups excluding carboxylic acids is 1. The zero-order chi connectivity index (χ0) is 18.6. The highest BCUT2D eigenvalue weighted by Gasteiger charge is 2.40. The fourth-order valence-corrected chi connectivity index (χ4v) is 5.13. The van der Waals surface area contributed by atoms with E-state index >= 15 is 0 Å². The minimum atomic E-state index is -0.340. The maximum absolute atomic E-state index is 13.2. The second-order valence-electron chi connectivity index (χ2n) is 7.97. The molecule has 0 aromatic heterocycles. The Morgan fingerprint density at radius 2 is 1.92 bits per heavy atom. The van der Waals surface area contributed by atoms with Gasteiger partial charge in [0.15, 0.2) is 0 Å². The molecule has 2 saturated carbocycles. The van der Waals surface area contributed by atoms with Gasteiger partial charge in [-0.05, 0) is 81.0 Å². The van der Waals surface area contributed by atoms with Crippen LogP contribution in [0.1, 0.15) is 69.3 Å². The lowest BCUT2D eigenvalue weighted by atomic mass is 9.77. The normalized spacial score (nSPS) is 25.2. The molecule has 2 fully saturated rings. The van der Waals surface area contributed by atoms with Gasteiger partial charge in [-0.3, -0.25) is 4.79 Å². The molecular weight excluding hydrogens is 351 g/mol. The van der Waals surface area contributed by atoms with Gasteiger partial charge in [-0.15, -0.1) is 0 Å². The molecule has 0 bridgehead atoms. The Morgan fingerprint density at radius 1 is 1.23 bits per heavy atom. The minimum Gasteiger partial charge on any atom is -0.358 e. The Bertz CT molecular complexity index is 622. The summed E-state index contributed by atoms with van der Waals surface area (Å²) in [5, 5.41) is 6.96. The molecule has 26 heavy (non-hydrogen) atoms. The van der Waals surface area contributed by atoms with E-state index < -0.39 is 0 Å². The van der Waals surface area contributed by atoms with E-state index in [2.05, 4.69) is 10.6 Å². The third-order valence-electron chi connectivity index (χ3n) is 6.38. The Kier molecular flexibility index (Phi) is 6.57. The van der Waals surface area contributed by atoms with E-state index in [0.29, 0.717) is 16.9 Å². The third kappa shape index (κ3) is 4.40. The molecule has 3 nitrogen and oxygen atoms in total. The molecule has 2 aliphatic rings. The molecule has 0 aliphatic heterocycles. The molecule has 5 heteroatoms. The Hall–Kier alpha value is -1.13. The van der Waals surface area contributed by atoms with Crippen molar-refractivity contribution in [2.45, 2.75) is 69.2 Å². The van der Waals surface area contributed by atoms with E-state index in [0.717, 1.165) is 57.1 Å². The highest BCUT2D eigenvalue weighted by Crippen LogP contribution is 2.39. The summed E-state index contributed by atoms with van der Waals surface area (Å²) in [5.41, 5.74) is 0.752. The second-order valence-corrected chi connectivity index (χ2v) is 8.37. The number of benzene rings is 1. The molecule has 0 spiro atoms. The van der Waals surface area contributed by atoms with E-state index in [4.69, 9.17) is 11.6 Å². The van der Waals surface area contributed by atoms with E-state index in [1.165, 1.54) is 25.0 Å². The van der Waals surface area contributed by atoms with Crippen molar-refractivity contribution in [2.75, 3.05) is 13.6 Å². The van der Waals surface area contributed by atoms with Crippen molar-refractivity contribution in [3.05, 3.63) is 34.6 Å². The van der Waals surface area contributed by atoms with E-state index in [-0.39, 0.29) is 17.3 Å². The van der Waals surface area contributed by atoms with Gasteiger partial charge in [0.25, 0.3) is 0 Å². The van der Waals surface area contributed by atoms with Crippen molar-refractivity contribution < 1.29 is 9.18 Å². The molecular formula is C21H30ClFN2O. The lowest BCUT2D eigenvalue weighted by Gasteiger charge is -2.32. The van der Waals surface area contributed by atoms with Crippen molar-refractivity contribution in [1.82, 2.24) is 10.6 Å². The van der Waals surface area contributed by atoms with E-state index in [1.54, 1.807) is 7.05 Å². The first-order valence-corrected chi connectivity index (χ1v) is 10.3. The van der Waals surface area contributed by atoms with Gasteiger partial charge in [0.2, 0.25) is 5.91 Å². The summed E-state index contributed by atoms with van der Waals surface area (Å²) < 4.78 is 13.2. The highest BCUT2D eigenvalue weighted by atomic mass is 35.5. The average Bonchev–Trinajstić information content (AvgIpc) is 3.12. The van der Waals surface area contributed by atoms with Gasteiger partial charge in [-0.1, -0.05) is 30.5 Å². The van der Waals surface area contributed by atoms with Crippen LogP contribution in [0, 0.1) is 11.7 Å². The summed E-state index contributed by atoms with van der Waals surface area (Å²) in [5.74, 6) is 1.01. The number of carbonyl (C=O) groups is 1. The van der Waals surface area contributed by atoms with Crippen LogP contribution in [0.25, 0.3) is 0 Å². The summed E-state index contributed by atoms with van der Waals surface area (Å²) >= 11 is 6.23. The SMILES string of the molecule is CNC(=O)C1(NCCC2CCC(c3ccc(F)cc3Cl)CC2)CCCC1. The number of halogens is 2. The van der Waals surface area contributed by atoms with Crippen LogP contribution in [0.15, 0.2) is 18.2 Å². The van der Waals surface area contributed by atoms with Crippen molar-refractivity contribution in [3.8, 4) is 0 Å². The smallest absolute Gasteiger partial charge is 0.240 e. The highest BCUT2D eigenvalue weighted by molar-refractivity contribution is 6.31. The van der Waals surface area contributed by atoms with Crippen LogP contribution in [-0.4, -0.2) is 25.0 Å². The number of amides is 1. The fraction of sp³-hybridized carbons (Fsp3) is 0.667. The summed E-state index contributed by atoms with van der Waals surface area (Å²) in [6.07, 6.45) is 9.83. The van der Waals surface area contributed by atoms with Gasteiger partial charge in [0.1, 0.15) is 5.82 Å². The molecule has 0 unspecified atom stereocenters. The topological polar surface area (TPSA) is 41.1 Å². The lowest BCUT2D eigenvalue weighted by molar-refractivity contribution is -0.127. The summed E-state index contributed by atoms with van der Waals surface area (Å²) in [6, 6.07) is 4.78. The number of hydrogen-bond donors (Lipinski definition) is 2. The molecule has 3 rings (SSSR count). The second kappa shape index (κ2) is 8.71.